The molecule has 0 radical (unpaired) electrons. The van der Waals surface area contributed by atoms with Crippen LogP contribution in [0.2, 0.25) is 0 Å². The van der Waals surface area contributed by atoms with E-state index in [0.717, 1.165) is 18.5 Å². The molecule has 2 aliphatic heterocycles. The van der Waals surface area contributed by atoms with Gasteiger partial charge < -0.3 is 24.7 Å². The third kappa shape index (κ3) is 3.72. The molecule has 0 aliphatic carbocycles. The number of hydrogen-bond donors (Lipinski definition) is 2. The molecule has 7 nitrogen and oxygen atoms in total. The summed E-state index contributed by atoms with van der Waals surface area (Å²) >= 11 is 0. The number of urea groups is 1. The summed E-state index contributed by atoms with van der Waals surface area (Å²) in [4.78, 5) is 27.5. The lowest BCUT2D eigenvalue weighted by atomic mass is 9.95. The van der Waals surface area contributed by atoms with Crippen LogP contribution in [0.25, 0.3) is 0 Å². The number of carbonyl (C=O) groups is 2. The number of nitrogens with one attached hydrogen (secondary N) is 2. The summed E-state index contributed by atoms with van der Waals surface area (Å²) in [5.74, 6) is 0.0295. The topological polar surface area (TPSA) is 83.8 Å². The van der Waals surface area contributed by atoms with Gasteiger partial charge in [-0.2, -0.15) is 0 Å². The average molecular weight is 395 g/mol. The van der Waals surface area contributed by atoms with Crippen molar-refractivity contribution < 1.29 is 18.7 Å². The maximum absolute atomic E-state index is 12.9. The van der Waals surface area contributed by atoms with Gasteiger partial charge in [-0.1, -0.05) is 18.2 Å². The van der Waals surface area contributed by atoms with E-state index in [-0.39, 0.29) is 18.7 Å². The van der Waals surface area contributed by atoms with E-state index >= 15 is 0 Å². The Balaban J connectivity index is 1.76. The van der Waals surface area contributed by atoms with E-state index in [1.54, 1.807) is 19.1 Å². The van der Waals surface area contributed by atoms with Crippen molar-refractivity contribution in [2.45, 2.75) is 38.8 Å². The molecule has 3 heterocycles. The van der Waals surface area contributed by atoms with Crippen LogP contribution < -0.4 is 15.5 Å². The number of amides is 2. The van der Waals surface area contributed by atoms with Gasteiger partial charge in [0.05, 0.1) is 30.7 Å². The minimum absolute atomic E-state index is 0.247. The zero-order valence-electron chi connectivity index (χ0n) is 16.6. The number of anilines is 1. The van der Waals surface area contributed by atoms with Gasteiger partial charge in [-0.15, -0.1) is 0 Å². The molecule has 0 saturated heterocycles. The molecule has 0 bridgehead atoms. The van der Waals surface area contributed by atoms with Gasteiger partial charge in [-0.3, -0.25) is 0 Å². The number of hydrogen-bond acceptors (Lipinski definition) is 5. The van der Waals surface area contributed by atoms with Crippen LogP contribution in [0, 0.1) is 0 Å². The van der Waals surface area contributed by atoms with Gasteiger partial charge in [0, 0.05) is 11.7 Å². The van der Waals surface area contributed by atoms with Gasteiger partial charge in [0.25, 0.3) is 0 Å². The molecule has 1 aromatic carbocycles. The van der Waals surface area contributed by atoms with Crippen LogP contribution in [-0.4, -0.2) is 31.2 Å². The first-order valence-corrected chi connectivity index (χ1v) is 9.94. The number of ether oxygens (including phenoxy) is 1. The molecule has 0 saturated carbocycles. The lowest BCUT2D eigenvalue weighted by Crippen LogP contribution is -2.50. The van der Waals surface area contributed by atoms with Crippen molar-refractivity contribution in [1.29, 1.82) is 0 Å². The van der Waals surface area contributed by atoms with Crippen LogP contribution in [0.4, 0.5) is 10.5 Å². The SMILES string of the molecule is CCOC(=O)C1=C(CN2c3ccccc3CCC2C)NC(=O)NC1c1ccco1. The van der Waals surface area contributed by atoms with Crippen LogP contribution in [0.3, 0.4) is 0 Å². The Hall–Kier alpha value is -3.22. The standard InChI is InChI=1S/C22H25N3O4/c1-3-28-21(26)19-16(23-22(27)24-20(19)18-9-6-12-29-18)13-25-14(2)10-11-15-7-4-5-8-17(15)25/h4-9,12,14,20H,3,10-11,13H2,1-2H3,(H2,23,24,27). The predicted molar refractivity (Wildman–Crippen MR) is 108 cm³/mol. The highest BCUT2D eigenvalue weighted by Crippen LogP contribution is 2.33. The predicted octanol–water partition coefficient (Wildman–Crippen LogP) is 3.29. The van der Waals surface area contributed by atoms with Crippen molar-refractivity contribution in [2.75, 3.05) is 18.1 Å². The quantitative estimate of drug-likeness (QED) is 0.759. The van der Waals surface area contributed by atoms with E-state index in [4.69, 9.17) is 9.15 Å². The summed E-state index contributed by atoms with van der Waals surface area (Å²) in [5, 5.41) is 5.63. The highest BCUT2D eigenvalue weighted by molar-refractivity contribution is 5.95. The second-order valence-corrected chi connectivity index (χ2v) is 7.30. The Kier molecular flexibility index (Phi) is 5.29. The Morgan fingerprint density at radius 3 is 2.86 bits per heavy atom. The van der Waals surface area contributed by atoms with Gasteiger partial charge in [-0.25, -0.2) is 9.59 Å². The number of aryl methyl sites for hydroxylation is 1. The monoisotopic (exact) mass is 395 g/mol. The third-order valence-electron chi connectivity index (χ3n) is 5.47. The van der Waals surface area contributed by atoms with Crippen LogP contribution in [0.15, 0.2) is 58.3 Å². The van der Waals surface area contributed by atoms with Crippen LogP contribution in [0.5, 0.6) is 0 Å². The van der Waals surface area contributed by atoms with Crippen molar-refractivity contribution in [3.8, 4) is 0 Å². The van der Waals surface area contributed by atoms with Gasteiger partial charge >= 0.3 is 12.0 Å². The largest absolute Gasteiger partial charge is 0.467 e. The van der Waals surface area contributed by atoms with Gasteiger partial charge in [-0.05, 0) is 50.5 Å². The van der Waals surface area contributed by atoms with Crippen LogP contribution in [-0.2, 0) is 16.0 Å². The van der Waals surface area contributed by atoms with Gasteiger partial charge in [0.15, 0.2) is 0 Å². The second-order valence-electron chi connectivity index (χ2n) is 7.30. The van der Waals surface area contributed by atoms with Crippen molar-refractivity contribution in [3.63, 3.8) is 0 Å². The molecule has 2 amide bonds. The lowest BCUT2D eigenvalue weighted by molar-refractivity contribution is -0.139. The van der Waals surface area contributed by atoms with E-state index < -0.39 is 12.0 Å². The Morgan fingerprint density at radius 2 is 2.10 bits per heavy atom. The van der Waals surface area contributed by atoms with Crippen molar-refractivity contribution in [2.24, 2.45) is 0 Å². The Labute approximate surface area is 169 Å². The molecule has 2 N–H and O–H groups in total. The number of nitrogens with zero attached hydrogens (tertiary/aromatic N) is 1. The van der Waals surface area contributed by atoms with E-state index in [0.29, 0.717) is 23.6 Å². The highest BCUT2D eigenvalue weighted by Gasteiger charge is 2.36. The Bertz CT molecular complexity index is 935. The molecular weight excluding hydrogens is 370 g/mol. The molecule has 0 spiro atoms. The number of rotatable bonds is 5. The van der Waals surface area contributed by atoms with Gasteiger partial charge in [0.1, 0.15) is 11.8 Å². The molecule has 7 heteroatoms. The minimum Gasteiger partial charge on any atom is -0.467 e. The van der Waals surface area contributed by atoms with E-state index in [9.17, 15) is 9.59 Å². The summed E-state index contributed by atoms with van der Waals surface area (Å²) < 4.78 is 10.8. The fourth-order valence-corrected chi connectivity index (χ4v) is 4.03. The number of furan rings is 1. The molecule has 2 unspecified atom stereocenters. The number of fused-ring (bicyclic) bond motifs is 1. The molecule has 2 aromatic rings. The molecule has 1 aromatic heterocycles. The van der Waals surface area contributed by atoms with Crippen molar-refractivity contribution in [3.05, 3.63) is 65.3 Å². The maximum atomic E-state index is 12.9. The average Bonchev–Trinajstić information content (AvgIpc) is 3.24. The van der Waals surface area contributed by atoms with E-state index in [1.165, 1.54) is 11.8 Å². The maximum Gasteiger partial charge on any atom is 0.338 e. The van der Waals surface area contributed by atoms with Crippen LogP contribution >= 0.6 is 0 Å². The van der Waals surface area contributed by atoms with E-state index in [2.05, 4.69) is 34.6 Å². The Morgan fingerprint density at radius 1 is 1.28 bits per heavy atom. The lowest BCUT2D eigenvalue weighted by Gasteiger charge is -2.39. The molecule has 2 aliphatic rings. The molecule has 4 rings (SSSR count). The first-order chi connectivity index (χ1) is 14.1. The number of esters is 1. The van der Waals surface area contributed by atoms with Crippen LogP contribution in [0.1, 0.15) is 37.6 Å². The molecular formula is C22H25N3O4. The van der Waals surface area contributed by atoms with Gasteiger partial charge in [0.2, 0.25) is 0 Å². The first-order valence-electron chi connectivity index (χ1n) is 9.94. The fourth-order valence-electron chi connectivity index (χ4n) is 4.03. The fraction of sp³-hybridized carbons (Fsp3) is 0.364. The summed E-state index contributed by atoms with van der Waals surface area (Å²) in [6.45, 7) is 4.57. The van der Waals surface area contributed by atoms with E-state index in [1.807, 2.05) is 12.1 Å². The smallest absolute Gasteiger partial charge is 0.338 e. The third-order valence-corrected chi connectivity index (χ3v) is 5.47. The molecule has 0 fully saturated rings. The molecule has 29 heavy (non-hydrogen) atoms. The zero-order chi connectivity index (χ0) is 20.4. The van der Waals surface area contributed by atoms with Crippen molar-refractivity contribution >= 4 is 17.7 Å². The zero-order valence-corrected chi connectivity index (χ0v) is 16.6. The summed E-state index contributed by atoms with van der Waals surface area (Å²) in [5.41, 5.74) is 3.31. The normalized spacial score (nSPS) is 21.3. The summed E-state index contributed by atoms with van der Waals surface area (Å²) in [6, 6.07) is 10.9. The molecule has 2 atom stereocenters. The van der Waals surface area contributed by atoms with Crippen molar-refractivity contribution in [1.82, 2.24) is 10.6 Å². The highest BCUT2D eigenvalue weighted by atomic mass is 16.5. The number of carbonyl (C=O) groups excluding carboxylic acids is 2. The summed E-state index contributed by atoms with van der Waals surface area (Å²) in [7, 11) is 0. The number of para-hydroxylation sites is 1. The number of benzene rings is 1. The summed E-state index contributed by atoms with van der Waals surface area (Å²) in [6.07, 6.45) is 3.54. The minimum atomic E-state index is -0.692. The second kappa shape index (κ2) is 8.03. The first kappa shape index (κ1) is 19.1. The molecule has 152 valence electrons.